The Balaban J connectivity index is 1.50. The maximum Gasteiger partial charge on any atom is 0.178 e. The molecule has 2 aliphatic rings. The van der Waals surface area contributed by atoms with Crippen LogP contribution in [0, 0.1) is 0 Å². The van der Waals surface area contributed by atoms with E-state index in [1.807, 2.05) is 25.6 Å². The Bertz CT molecular complexity index is 1480. The van der Waals surface area contributed by atoms with Crippen molar-refractivity contribution in [3.8, 4) is 11.1 Å². The number of anilines is 3. The van der Waals surface area contributed by atoms with Gasteiger partial charge < -0.3 is 9.80 Å². The SMILES string of the molecule is CN1CN(c2cccc(C3(c4ccn[nH]4)c4ccccc4-c4cnccc43)c2)c2nccnc21. The molecule has 0 saturated carbocycles. The molecule has 7 nitrogen and oxygen atoms in total. The van der Waals surface area contributed by atoms with Gasteiger partial charge in [-0.3, -0.25) is 10.1 Å². The third kappa shape index (κ3) is 2.41. The molecular formula is C27H21N7. The molecule has 0 bridgehead atoms. The standard InChI is InChI=1S/C27H21N7/c1-33-17-34(26-25(33)29-13-14-30-26)19-6-4-5-18(15-19)27(24-10-12-31-32-24)22-8-3-2-7-20(22)21-16-28-11-9-23(21)27/h2-16H,17H2,1H3,(H,31,32). The van der Waals surface area contributed by atoms with Gasteiger partial charge in [0.25, 0.3) is 0 Å². The highest BCUT2D eigenvalue weighted by Crippen LogP contribution is 2.55. The molecular weight excluding hydrogens is 422 g/mol. The number of aromatic amines is 1. The first kappa shape index (κ1) is 19.0. The van der Waals surface area contributed by atoms with Gasteiger partial charge in [-0.15, -0.1) is 0 Å². The minimum Gasteiger partial charge on any atom is -0.338 e. The molecule has 3 aromatic heterocycles. The number of H-pyrrole nitrogens is 1. The van der Waals surface area contributed by atoms with Gasteiger partial charge >= 0.3 is 0 Å². The number of nitrogens with zero attached hydrogens (tertiary/aromatic N) is 6. The number of aromatic nitrogens is 5. The maximum atomic E-state index is 4.63. The van der Waals surface area contributed by atoms with Crippen molar-refractivity contribution in [2.75, 3.05) is 23.5 Å². The zero-order valence-electron chi connectivity index (χ0n) is 18.6. The van der Waals surface area contributed by atoms with Crippen molar-refractivity contribution in [2.45, 2.75) is 5.41 Å². The van der Waals surface area contributed by atoms with Gasteiger partial charge in [0.2, 0.25) is 0 Å². The van der Waals surface area contributed by atoms with E-state index in [2.05, 4.69) is 95.6 Å². The summed E-state index contributed by atoms with van der Waals surface area (Å²) >= 11 is 0. The van der Waals surface area contributed by atoms with Gasteiger partial charge in [0.15, 0.2) is 11.6 Å². The van der Waals surface area contributed by atoms with Crippen molar-refractivity contribution < 1.29 is 0 Å². The molecule has 0 radical (unpaired) electrons. The van der Waals surface area contributed by atoms with Gasteiger partial charge in [-0.05, 0) is 46.5 Å². The predicted octanol–water partition coefficient (Wildman–Crippen LogP) is 4.50. The summed E-state index contributed by atoms with van der Waals surface area (Å²) in [5.41, 5.74) is 7.49. The minimum absolute atomic E-state index is 0.530. The average Bonchev–Trinajstić information content (AvgIpc) is 3.61. The third-order valence-electron chi connectivity index (χ3n) is 6.97. The van der Waals surface area contributed by atoms with Crippen molar-refractivity contribution in [2.24, 2.45) is 0 Å². The number of fused-ring (bicyclic) bond motifs is 4. The monoisotopic (exact) mass is 443 g/mol. The average molecular weight is 444 g/mol. The highest BCUT2D eigenvalue weighted by molar-refractivity contribution is 5.86. The van der Waals surface area contributed by atoms with Crippen molar-refractivity contribution >= 4 is 17.3 Å². The molecule has 1 unspecified atom stereocenters. The molecule has 1 N–H and O–H groups in total. The van der Waals surface area contributed by atoms with Crippen LogP contribution in [0.4, 0.5) is 17.3 Å². The molecule has 0 fully saturated rings. The van der Waals surface area contributed by atoms with Crippen LogP contribution in [0.3, 0.4) is 0 Å². The Kier molecular flexibility index (Phi) is 3.90. The second kappa shape index (κ2) is 6.99. The van der Waals surface area contributed by atoms with Crippen LogP contribution in [-0.2, 0) is 5.41 Å². The van der Waals surface area contributed by atoms with E-state index in [4.69, 9.17) is 0 Å². The molecule has 0 amide bonds. The number of hydrogen-bond donors (Lipinski definition) is 1. The first-order valence-corrected chi connectivity index (χ1v) is 11.2. The molecule has 5 aromatic rings. The van der Waals surface area contributed by atoms with E-state index in [0.29, 0.717) is 6.67 Å². The van der Waals surface area contributed by atoms with Crippen molar-refractivity contribution in [3.63, 3.8) is 0 Å². The minimum atomic E-state index is -0.530. The van der Waals surface area contributed by atoms with Crippen LogP contribution < -0.4 is 9.80 Å². The van der Waals surface area contributed by atoms with E-state index in [1.54, 1.807) is 12.4 Å². The molecule has 164 valence electrons. The van der Waals surface area contributed by atoms with Gasteiger partial charge in [-0.25, -0.2) is 9.97 Å². The zero-order valence-corrected chi connectivity index (χ0v) is 18.6. The third-order valence-corrected chi connectivity index (χ3v) is 6.97. The lowest BCUT2D eigenvalue weighted by Crippen LogP contribution is -2.30. The van der Waals surface area contributed by atoms with Gasteiger partial charge in [-0.2, -0.15) is 5.10 Å². The van der Waals surface area contributed by atoms with Crippen LogP contribution in [0.15, 0.2) is 91.6 Å². The van der Waals surface area contributed by atoms with Crippen LogP contribution in [-0.4, -0.2) is 38.9 Å². The number of nitrogens with one attached hydrogen (secondary N) is 1. The Morgan fingerprint density at radius 2 is 1.68 bits per heavy atom. The molecule has 7 rings (SSSR count). The highest BCUT2D eigenvalue weighted by Gasteiger charge is 2.47. The quantitative estimate of drug-likeness (QED) is 0.434. The fraction of sp³-hybridized carbons (Fsp3) is 0.111. The predicted molar refractivity (Wildman–Crippen MR) is 131 cm³/mol. The highest BCUT2D eigenvalue weighted by atomic mass is 15.4. The van der Waals surface area contributed by atoms with E-state index in [0.717, 1.165) is 34.1 Å². The van der Waals surface area contributed by atoms with E-state index < -0.39 is 5.41 Å². The zero-order chi connectivity index (χ0) is 22.7. The first-order chi connectivity index (χ1) is 16.8. The molecule has 4 heterocycles. The van der Waals surface area contributed by atoms with Gasteiger partial charge in [0.1, 0.15) is 0 Å². The smallest absolute Gasteiger partial charge is 0.178 e. The van der Waals surface area contributed by atoms with Crippen molar-refractivity contribution in [1.82, 2.24) is 25.1 Å². The van der Waals surface area contributed by atoms with Crippen LogP contribution in [0.25, 0.3) is 11.1 Å². The van der Waals surface area contributed by atoms with Crippen LogP contribution in [0.1, 0.15) is 22.4 Å². The van der Waals surface area contributed by atoms with Crippen LogP contribution >= 0.6 is 0 Å². The number of rotatable bonds is 3. The molecule has 7 heteroatoms. The lowest BCUT2D eigenvalue weighted by molar-refractivity contribution is 0.726. The number of pyridine rings is 1. The lowest BCUT2D eigenvalue weighted by atomic mass is 9.70. The molecule has 2 aromatic carbocycles. The second-order valence-corrected chi connectivity index (χ2v) is 8.71. The Hall–Kier alpha value is -4.52. The van der Waals surface area contributed by atoms with Crippen molar-refractivity contribution in [1.29, 1.82) is 0 Å². The number of hydrogen-bond acceptors (Lipinski definition) is 6. The summed E-state index contributed by atoms with van der Waals surface area (Å²) in [6, 6.07) is 21.5. The Labute approximate surface area is 196 Å². The fourth-order valence-electron chi connectivity index (χ4n) is 5.59. The van der Waals surface area contributed by atoms with Gasteiger partial charge in [0, 0.05) is 49.3 Å². The lowest BCUT2D eigenvalue weighted by Gasteiger charge is -2.32. The molecule has 0 spiro atoms. The Morgan fingerprint density at radius 3 is 2.56 bits per heavy atom. The summed E-state index contributed by atoms with van der Waals surface area (Å²) in [6.07, 6.45) is 9.16. The molecule has 34 heavy (non-hydrogen) atoms. The van der Waals surface area contributed by atoms with Crippen LogP contribution in [0.2, 0.25) is 0 Å². The largest absolute Gasteiger partial charge is 0.338 e. The summed E-state index contributed by atoms with van der Waals surface area (Å²) in [6.45, 7) is 0.691. The fourth-order valence-corrected chi connectivity index (χ4v) is 5.59. The first-order valence-electron chi connectivity index (χ1n) is 11.2. The van der Waals surface area contributed by atoms with E-state index in [9.17, 15) is 0 Å². The summed E-state index contributed by atoms with van der Waals surface area (Å²) in [5.74, 6) is 1.76. The van der Waals surface area contributed by atoms with E-state index in [1.165, 1.54) is 16.7 Å². The Morgan fingerprint density at radius 1 is 0.824 bits per heavy atom. The molecule has 1 aliphatic carbocycles. The second-order valence-electron chi connectivity index (χ2n) is 8.71. The maximum absolute atomic E-state index is 4.63. The normalized spacial score (nSPS) is 18.0. The van der Waals surface area contributed by atoms with Crippen molar-refractivity contribution in [3.05, 3.63) is 114 Å². The van der Waals surface area contributed by atoms with E-state index in [-0.39, 0.29) is 0 Å². The summed E-state index contributed by atoms with van der Waals surface area (Å²) in [4.78, 5) is 17.9. The molecule has 1 aliphatic heterocycles. The molecule has 1 atom stereocenters. The molecule has 0 saturated heterocycles. The van der Waals surface area contributed by atoms with Gasteiger partial charge in [0.05, 0.1) is 17.8 Å². The number of benzene rings is 2. The summed E-state index contributed by atoms with van der Waals surface area (Å²) in [5, 5.41) is 7.64. The summed E-state index contributed by atoms with van der Waals surface area (Å²) in [7, 11) is 2.04. The topological polar surface area (TPSA) is 73.8 Å². The van der Waals surface area contributed by atoms with Crippen LogP contribution in [0.5, 0.6) is 0 Å². The van der Waals surface area contributed by atoms with Gasteiger partial charge in [-0.1, -0.05) is 36.4 Å². The van der Waals surface area contributed by atoms with E-state index >= 15 is 0 Å². The summed E-state index contributed by atoms with van der Waals surface area (Å²) < 4.78 is 0.